The van der Waals surface area contributed by atoms with E-state index < -0.39 is 17.5 Å². The number of rotatable bonds is 6. The van der Waals surface area contributed by atoms with E-state index in [2.05, 4.69) is 15.3 Å². The van der Waals surface area contributed by atoms with Crippen LogP contribution in [0.1, 0.15) is 28.5 Å². The van der Waals surface area contributed by atoms with Crippen LogP contribution in [0.3, 0.4) is 0 Å². The van der Waals surface area contributed by atoms with Crippen LogP contribution < -0.4 is 10.1 Å². The number of ether oxygens (including phenoxy) is 1. The number of benzene rings is 2. The van der Waals surface area contributed by atoms with Crippen molar-refractivity contribution in [1.82, 2.24) is 15.3 Å². The fourth-order valence-corrected chi connectivity index (χ4v) is 2.64. The van der Waals surface area contributed by atoms with Crippen molar-refractivity contribution >= 4 is 5.91 Å². The van der Waals surface area contributed by atoms with E-state index in [4.69, 9.17) is 4.74 Å². The van der Waals surface area contributed by atoms with Crippen LogP contribution in [0.4, 0.5) is 0 Å². The van der Waals surface area contributed by atoms with Crippen molar-refractivity contribution in [2.75, 3.05) is 6.61 Å². The molecule has 0 unspecified atom stereocenters. The van der Waals surface area contributed by atoms with Crippen LogP contribution in [0.25, 0.3) is 11.4 Å². The minimum Gasteiger partial charge on any atom is -0.501 e. The van der Waals surface area contributed by atoms with Gasteiger partial charge in [-0.1, -0.05) is 48.0 Å². The molecule has 144 valence electrons. The van der Waals surface area contributed by atoms with Gasteiger partial charge in [0, 0.05) is 17.7 Å². The lowest BCUT2D eigenvalue weighted by Crippen LogP contribution is -2.24. The molecule has 3 rings (SSSR count). The molecule has 0 radical (unpaired) electrons. The molecule has 1 heterocycles. The zero-order valence-corrected chi connectivity index (χ0v) is 15.6. The lowest BCUT2D eigenvalue weighted by atomic mass is 10.1. The molecule has 0 aliphatic rings. The van der Waals surface area contributed by atoms with Gasteiger partial charge in [-0.05, 0) is 19.9 Å². The Bertz CT molecular complexity index is 987. The number of nitrogens with one attached hydrogen (secondary N) is 1. The maximum Gasteiger partial charge on any atom is 0.274 e. The molecule has 7 nitrogen and oxygen atoms in total. The molecule has 1 aromatic heterocycles. The van der Waals surface area contributed by atoms with E-state index >= 15 is 0 Å². The molecule has 0 aliphatic heterocycles. The number of aryl methyl sites for hydroxylation is 1. The summed E-state index contributed by atoms with van der Waals surface area (Å²) in [5.41, 5.74) is 2.17. The first-order chi connectivity index (χ1) is 13.5. The number of para-hydroxylation sites is 1. The summed E-state index contributed by atoms with van der Waals surface area (Å²) >= 11 is 0. The Kier molecular flexibility index (Phi) is 5.74. The molecule has 0 spiro atoms. The van der Waals surface area contributed by atoms with Gasteiger partial charge in [0.15, 0.2) is 11.5 Å². The number of carbonyl (C=O) groups is 1. The molecule has 0 saturated carbocycles. The zero-order chi connectivity index (χ0) is 20.1. The number of nitrogens with zero attached hydrogens (tertiary/aromatic N) is 2. The van der Waals surface area contributed by atoms with E-state index in [9.17, 15) is 15.0 Å². The Morgan fingerprint density at radius 1 is 1.07 bits per heavy atom. The average molecular weight is 379 g/mol. The Morgan fingerprint density at radius 3 is 2.50 bits per heavy atom. The maximum absolute atomic E-state index is 12.6. The molecular formula is C21H21N3O4. The summed E-state index contributed by atoms with van der Waals surface area (Å²) in [4.78, 5) is 20.6. The van der Waals surface area contributed by atoms with Crippen molar-refractivity contribution in [3.05, 3.63) is 65.4 Å². The van der Waals surface area contributed by atoms with Crippen molar-refractivity contribution in [1.29, 1.82) is 0 Å². The lowest BCUT2D eigenvalue weighted by molar-refractivity contribution is 0.0941. The van der Waals surface area contributed by atoms with Crippen LogP contribution in [0.5, 0.6) is 17.4 Å². The van der Waals surface area contributed by atoms with Crippen molar-refractivity contribution in [2.45, 2.75) is 20.4 Å². The molecule has 28 heavy (non-hydrogen) atoms. The van der Waals surface area contributed by atoms with Gasteiger partial charge in [0.2, 0.25) is 5.75 Å². The molecule has 0 saturated heterocycles. The number of carbonyl (C=O) groups excluding carboxylic acids is 1. The standard InChI is InChI=1S/C21H21N3O4/c1-3-28-16-7-5-4-6-15(16)12-22-20(26)17-18(25)21(27)24-19(23-17)14-10-8-13(2)9-11-14/h4-11,25H,3,12H2,1-2H3,(H,22,26)(H,23,24,27). The van der Waals surface area contributed by atoms with Crippen LogP contribution >= 0.6 is 0 Å². The van der Waals surface area contributed by atoms with Crippen molar-refractivity contribution in [3.63, 3.8) is 0 Å². The van der Waals surface area contributed by atoms with E-state index in [0.29, 0.717) is 17.9 Å². The third-order valence-electron chi connectivity index (χ3n) is 4.10. The van der Waals surface area contributed by atoms with Crippen LogP contribution in [-0.2, 0) is 6.54 Å². The molecule has 3 N–H and O–H groups in total. The quantitative estimate of drug-likeness (QED) is 0.608. The highest BCUT2D eigenvalue weighted by Crippen LogP contribution is 2.29. The highest BCUT2D eigenvalue weighted by atomic mass is 16.5. The summed E-state index contributed by atoms with van der Waals surface area (Å²) in [5.74, 6) is -1.12. The number of amides is 1. The molecule has 0 fully saturated rings. The summed E-state index contributed by atoms with van der Waals surface area (Å²) in [5, 5.41) is 22.7. The van der Waals surface area contributed by atoms with E-state index in [1.54, 1.807) is 12.1 Å². The summed E-state index contributed by atoms with van der Waals surface area (Å²) < 4.78 is 5.54. The molecular weight excluding hydrogens is 358 g/mol. The summed E-state index contributed by atoms with van der Waals surface area (Å²) in [6, 6.07) is 14.6. The van der Waals surface area contributed by atoms with Gasteiger partial charge in [-0.3, -0.25) is 4.79 Å². The van der Waals surface area contributed by atoms with E-state index in [-0.39, 0.29) is 18.1 Å². The topological polar surface area (TPSA) is 105 Å². The van der Waals surface area contributed by atoms with Crippen molar-refractivity contribution < 1.29 is 19.7 Å². The van der Waals surface area contributed by atoms with Crippen LogP contribution in [0, 0.1) is 6.92 Å². The van der Waals surface area contributed by atoms with Gasteiger partial charge in [-0.2, -0.15) is 4.98 Å². The number of aromatic hydroxyl groups is 2. The molecule has 0 atom stereocenters. The third kappa shape index (κ3) is 4.20. The fraction of sp³-hybridized carbons (Fsp3) is 0.190. The number of hydrogen-bond donors (Lipinski definition) is 3. The van der Waals surface area contributed by atoms with Gasteiger partial charge < -0.3 is 20.3 Å². The predicted molar refractivity (Wildman–Crippen MR) is 104 cm³/mol. The second-order valence-corrected chi connectivity index (χ2v) is 6.16. The van der Waals surface area contributed by atoms with Gasteiger partial charge in [-0.15, -0.1) is 0 Å². The second kappa shape index (κ2) is 8.39. The van der Waals surface area contributed by atoms with Gasteiger partial charge in [0.1, 0.15) is 5.75 Å². The molecule has 3 aromatic rings. The van der Waals surface area contributed by atoms with E-state index in [0.717, 1.165) is 11.1 Å². The van der Waals surface area contributed by atoms with E-state index in [1.165, 1.54) is 0 Å². The first-order valence-electron chi connectivity index (χ1n) is 8.85. The minimum atomic E-state index is -0.661. The van der Waals surface area contributed by atoms with Gasteiger partial charge in [-0.25, -0.2) is 4.98 Å². The summed E-state index contributed by atoms with van der Waals surface area (Å²) in [6.45, 7) is 4.51. The second-order valence-electron chi connectivity index (χ2n) is 6.16. The van der Waals surface area contributed by atoms with Crippen LogP contribution in [0.15, 0.2) is 48.5 Å². The first-order valence-corrected chi connectivity index (χ1v) is 8.85. The zero-order valence-electron chi connectivity index (χ0n) is 15.6. The first kappa shape index (κ1) is 19.2. The minimum absolute atomic E-state index is 0.148. The van der Waals surface area contributed by atoms with Gasteiger partial charge in [0.25, 0.3) is 11.8 Å². The molecule has 2 aromatic carbocycles. The Morgan fingerprint density at radius 2 is 1.79 bits per heavy atom. The SMILES string of the molecule is CCOc1ccccc1CNC(=O)c1nc(-c2ccc(C)cc2)nc(O)c1O. The van der Waals surface area contributed by atoms with Crippen molar-refractivity contribution in [2.24, 2.45) is 0 Å². The Hall–Kier alpha value is -3.61. The summed E-state index contributed by atoms with van der Waals surface area (Å²) in [7, 11) is 0. The normalized spacial score (nSPS) is 10.5. The van der Waals surface area contributed by atoms with Crippen molar-refractivity contribution in [3.8, 4) is 28.8 Å². The highest BCUT2D eigenvalue weighted by molar-refractivity contribution is 5.95. The van der Waals surface area contributed by atoms with Crippen LogP contribution in [-0.4, -0.2) is 32.7 Å². The Balaban J connectivity index is 1.84. The number of hydrogen-bond acceptors (Lipinski definition) is 6. The van der Waals surface area contributed by atoms with Gasteiger partial charge in [0.05, 0.1) is 6.61 Å². The smallest absolute Gasteiger partial charge is 0.274 e. The monoisotopic (exact) mass is 379 g/mol. The molecule has 7 heteroatoms. The fourth-order valence-electron chi connectivity index (χ4n) is 2.64. The van der Waals surface area contributed by atoms with E-state index in [1.807, 2.05) is 50.2 Å². The molecule has 1 amide bonds. The highest BCUT2D eigenvalue weighted by Gasteiger charge is 2.20. The summed E-state index contributed by atoms with van der Waals surface area (Å²) in [6.07, 6.45) is 0. The third-order valence-corrected chi connectivity index (χ3v) is 4.10. The predicted octanol–water partition coefficient (Wildman–Crippen LogP) is 3.19. The number of aromatic nitrogens is 2. The molecule has 0 bridgehead atoms. The Labute approximate surface area is 162 Å². The molecule has 0 aliphatic carbocycles. The average Bonchev–Trinajstić information content (AvgIpc) is 2.70. The lowest BCUT2D eigenvalue weighted by Gasteiger charge is -2.12. The van der Waals surface area contributed by atoms with Gasteiger partial charge >= 0.3 is 0 Å². The maximum atomic E-state index is 12.6. The largest absolute Gasteiger partial charge is 0.501 e. The van der Waals surface area contributed by atoms with Crippen LogP contribution in [0.2, 0.25) is 0 Å².